The summed E-state index contributed by atoms with van der Waals surface area (Å²) in [6.45, 7) is 4.04. The monoisotopic (exact) mass is 372 g/mol. The molecule has 2 fully saturated rings. The van der Waals surface area contributed by atoms with Crippen molar-refractivity contribution < 1.29 is 9.84 Å². The van der Waals surface area contributed by atoms with Crippen LogP contribution in [-0.4, -0.2) is 48.7 Å². The highest BCUT2D eigenvalue weighted by atomic mass is 35.5. The van der Waals surface area contributed by atoms with E-state index in [1.165, 1.54) is 5.56 Å². The predicted molar refractivity (Wildman–Crippen MR) is 104 cm³/mol. The Morgan fingerprint density at radius 3 is 2.62 bits per heavy atom. The van der Waals surface area contributed by atoms with Gasteiger partial charge in [-0.15, -0.1) is 0 Å². The van der Waals surface area contributed by atoms with Crippen molar-refractivity contribution in [3.8, 4) is 11.5 Å². The first-order valence-electron chi connectivity index (χ1n) is 9.09. The lowest BCUT2D eigenvalue weighted by Crippen LogP contribution is -2.29. The molecule has 2 aliphatic heterocycles. The molecule has 0 radical (unpaired) electrons. The first-order chi connectivity index (χ1) is 12.6. The number of benzene rings is 2. The van der Waals surface area contributed by atoms with Gasteiger partial charge in [0.05, 0.1) is 12.1 Å². The van der Waals surface area contributed by atoms with Crippen molar-refractivity contribution in [1.29, 1.82) is 0 Å². The van der Waals surface area contributed by atoms with Gasteiger partial charge in [-0.3, -0.25) is 9.80 Å². The molecule has 138 valence electrons. The van der Waals surface area contributed by atoms with Crippen LogP contribution in [0.15, 0.2) is 42.5 Å². The molecule has 2 aromatic rings. The van der Waals surface area contributed by atoms with E-state index in [1.807, 2.05) is 12.1 Å². The van der Waals surface area contributed by atoms with E-state index >= 15 is 0 Å². The zero-order valence-corrected chi connectivity index (χ0v) is 16.0. The lowest BCUT2D eigenvalue weighted by Gasteiger charge is -2.27. The van der Waals surface area contributed by atoms with E-state index in [-0.39, 0.29) is 5.75 Å². The molecule has 0 amide bonds. The third kappa shape index (κ3) is 3.18. The summed E-state index contributed by atoms with van der Waals surface area (Å²) in [5, 5.41) is 10.3. The number of ether oxygens (including phenoxy) is 1. The summed E-state index contributed by atoms with van der Waals surface area (Å²) in [6.07, 6.45) is 0. The van der Waals surface area contributed by atoms with E-state index in [0.717, 1.165) is 37.5 Å². The van der Waals surface area contributed by atoms with Gasteiger partial charge in [0.15, 0.2) is 0 Å². The Hall–Kier alpha value is -1.75. The van der Waals surface area contributed by atoms with E-state index in [2.05, 4.69) is 41.1 Å². The summed E-state index contributed by atoms with van der Waals surface area (Å²) >= 11 is 6.27. The van der Waals surface area contributed by atoms with Crippen molar-refractivity contribution in [1.82, 2.24) is 9.80 Å². The number of phenolic OH excluding ortho intramolecular Hbond substituents is 1. The summed E-state index contributed by atoms with van der Waals surface area (Å²) in [5.41, 5.74) is 2.36. The van der Waals surface area contributed by atoms with Crippen LogP contribution in [0.1, 0.15) is 17.2 Å². The normalized spacial score (nSPS) is 26.2. The second-order valence-electron chi connectivity index (χ2n) is 7.53. The van der Waals surface area contributed by atoms with Crippen molar-refractivity contribution in [2.24, 2.45) is 11.8 Å². The van der Waals surface area contributed by atoms with E-state index in [0.29, 0.717) is 22.9 Å². The molecule has 2 heterocycles. The van der Waals surface area contributed by atoms with Crippen LogP contribution in [0.2, 0.25) is 5.02 Å². The first-order valence-corrected chi connectivity index (χ1v) is 9.47. The van der Waals surface area contributed by atoms with Gasteiger partial charge in [-0.1, -0.05) is 35.9 Å². The van der Waals surface area contributed by atoms with Gasteiger partial charge in [0.25, 0.3) is 0 Å². The number of hydrogen-bond acceptors (Lipinski definition) is 4. The van der Waals surface area contributed by atoms with Crippen molar-refractivity contribution in [2.75, 3.05) is 33.8 Å². The molecular formula is C21H25ClN2O2. The number of phenols is 1. The fraction of sp³-hybridized carbons (Fsp3) is 0.429. The Morgan fingerprint density at radius 2 is 1.88 bits per heavy atom. The van der Waals surface area contributed by atoms with Gasteiger partial charge in [-0.05, 0) is 48.2 Å². The highest BCUT2D eigenvalue weighted by Gasteiger charge is 2.45. The van der Waals surface area contributed by atoms with Crippen LogP contribution in [0.5, 0.6) is 11.5 Å². The largest absolute Gasteiger partial charge is 0.506 e. The van der Waals surface area contributed by atoms with E-state index in [1.54, 1.807) is 13.2 Å². The van der Waals surface area contributed by atoms with Crippen LogP contribution in [0.4, 0.5) is 0 Å². The van der Waals surface area contributed by atoms with Gasteiger partial charge in [0.2, 0.25) is 0 Å². The van der Waals surface area contributed by atoms with Gasteiger partial charge in [-0.25, -0.2) is 0 Å². The second-order valence-corrected chi connectivity index (χ2v) is 7.90. The molecule has 4 nitrogen and oxygen atoms in total. The molecule has 26 heavy (non-hydrogen) atoms. The van der Waals surface area contributed by atoms with Crippen LogP contribution >= 0.6 is 11.6 Å². The second kappa shape index (κ2) is 7.10. The molecule has 0 saturated carbocycles. The Bertz CT molecular complexity index is 780. The van der Waals surface area contributed by atoms with Crippen molar-refractivity contribution >= 4 is 11.6 Å². The highest BCUT2D eigenvalue weighted by Crippen LogP contribution is 2.44. The predicted octanol–water partition coefficient (Wildman–Crippen LogP) is 3.79. The number of halogens is 1. The molecule has 0 spiro atoms. The van der Waals surface area contributed by atoms with E-state index in [9.17, 15) is 5.11 Å². The maximum Gasteiger partial charge on any atom is 0.134 e. The summed E-state index contributed by atoms with van der Waals surface area (Å²) in [4.78, 5) is 4.95. The molecule has 5 heteroatoms. The van der Waals surface area contributed by atoms with Gasteiger partial charge >= 0.3 is 0 Å². The van der Waals surface area contributed by atoms with Crippen molar-refractivity contribution in [3.05, 3.63) is 58.6 Å². The quantitative estimate of drug-likeness (QED) is 0.885. The average molecular weight is 373 g/mol. The Kier molecular flexibility index (Phi) is 4.82. The Labute approximate surface area is 159 Å². The van der Waals surface area contributed by atoms with Gasteiger partial charge in [0, 0.05) is 32.2 Å². The summed E-state index contributed by atoms with van der Waals surface area (Å²) in [6, 6.07) is 14.4. The van der Waals surface area contributed by atoms with Crippen molar-refractivity contribution in [2.45, 2.75) is 12.6 Å². The molecule has 2 aromatic carbocycles. The molecule has 0 aliphatic carbocycles. The number of nitrogens with zero attached hydrogens (tertiary/aromatic N) is 2. The maximum atomic E-state index is 9.84. The standard InChI is InChI=1S/C21H25ClN2O2/c1-23-10-16-12-24(11-15-4-3-5-19(25)20(15)22)13-18(16)21(23)14-6-8-17(26-2)9-7-14/h3-9,16,18,21,25H,10-13H2,1-2H3/t16-,18+,21-/m0/s1. The molecule has 2 aliphatic rings. The fourth-order valence-electron chi connectivity index (χ4n) is 4.71. The number of rotatable bonds is 4. The highest BCUT2D eigenvalue weighted by molar-refractivity contribution is 6.32. The summed E-state index contributed by atoms with van der Waals surface area (Å²) in [7, 11) is 3.93. The van der Waals surface area contributed by atoms with E-state index < -0.39 is 0 Å². The number of likely N-dealkylation sites (tertiary alicyclic amines) is 2. The average Bonchev–Trinajstić information content (AvgIpc) is 3.15. The SMILES string of the molecule is COc1ccc([C@H]2[C@@H]3CN(Cc4cccc(O)c4Cl)C[C@@H]3CN2C)cc1. The number of hydrogen-bond donors (Lipinski definition) is 1. The minimum Gasteiger partial charge on any atom is -0.506 e. The molecule has 1 N–H and O–H groups in total. The Morgan fingerprint density at radius 1 is 1.12 bits per heavy atom. The van der Waals surface area contributed by atoms with Crippen molar-refractivity contribution in [3.63, 3.8) is 0 Å². The summed E-state index contributed by atoms with van der Waals surface area (Å²) < 4.78 is 5.29. The number of fused-ring (bicyclic) bond motifs is 1. The zero-order chi connectivity index (χ0) is 18.3. The number of aromatic hydroxyl groups is 1. The molecule has 0 bridgehead atoms. The third-order valence-electron chi connectivity index (χ3n) is 5.88. The van der Waals surface area contributed by atoms with Crippen LogP contribution in [0.25, 0.3) is 0 Å². The lowest BCUT2D eigenvalue weighted by atomic mass is 9.89. The zero-order valence-electron chi connectivity index (χ0n) is 15.2. The van der Waals surface area contributed by atoms with Crippen LogP contribution in [0, 0.1) is 11.8 Å². The third-order valence-corrected chi connectivity index (χ3v) is 6.32. The van der Waals surface area contributed by atoms with Crippen LogP contribution < -0.4 is 4.74 Å². The topological polar surface area (TPSA) is 35.9 Å². The smallest absolute Gasteiger partial charge is 0.134 e. The van der Waals surface area contributed by atoms with Crippen LogP contribution in [-0.2, 0) is 6.54 Å². The molecule has 2 saturated heterocycles. The first kappa shape index (κ1) is 17.7. The molecular weight excluding hydrogens is 348 g/mol. The summed E-state index contributed by atoms with van der Waals surface area (Å²) in [5.74, 6) is 2.35. The van der Waals surface area contributed by atoms with Gasteiger partial charge in [0.1, 0.15) is 11.5 Å². The minimum atomic E-state index is 0.166. The lowest BCUT2D eigenvalue weighted by molar-refractivity contribution is 0.224. The number of methoxy groups -OCH3 is 1. The van der Waals surface area contributed by atoms with Crippen LogP contribution in [0.3, 0.4) is 0 Å². The molecule has 0 unspecified atom stereocenters. The Balaban J connectivity index is 1.50. The minimum absolute atomic E-state index is 0.166. The van der Waals surface area contributed by atoms with Gasteiger partial charge < -0.3 is 9.84 Å². The maximum absolute atomic E-state index is 9.84. The van der Waals surface area contributed by atoms with E-state index in [4.69, 9.17) is 16.3 Å². The van der Waals surface area contributed by atoms with Gasteiger partial charge in [-0.2, -0.15) is 0 Å². The molecule has 4 rings (SSSR count). The molecule has 3 atom stereocenters. The molecule has 0 aromatic heterocycles. The fourth-order valence-corrected chi connectivity index (χ4v) is 4.90.